The molecule has 0 bridgehead atoms. The lowest BCUT2D eigenvalue weighted by atomic mass is 10.3. The van der Waals surface area contributed by atoms with Gasteiger partial charge in [-0.3, -0.25) is 9.48 Å². The zero-order valence-corrected chi connectivity index (χ0v) is 8.21. The molecule has 70 valence electrons. The van der Waals surface area contributed by atoms with Gasteiger partial charge in [0.2, 0.25) is 5.78 Å². The lowest BCUT2D eigenvalue weighted by Crippen LogP contribution is -2.08. The first-order valence-corrected chi connectivity index (χ1v) is 4.46. The highest BCUT2D eigenvalue weighted by Crippen LogP contribution is 2.16. The van der Waals surface area contributed by atoms with E-state index in [1.807, 2.05) is 6.92 Å². The van der Waals surface area contributed by atoms with Crippen molar-refractivity contribution in [3.05, 3.63) is 29.6 Å². The van der Waals surface area contributed by atoms with Gasteiger partial charge in [-0.05, 0) is 12.5 Å². The van der Waals surface area contributed by atoms with Gasteiger partial charge in [0.05, 0.1) is 11.2 Å². The molecule has 0 spiro atoms. The Morgan fingerprint density at radius 1 is 1.85 bits per heavy atom. The van der Waals surface area contributed by atoms with Crippen LogP contribution in [0.2, 0.25) is 5.02 Å². The van der Waals surface area contributed by atoms with Crippen LogP contribution in [-0.2, 0) is 6.54 Å². The molecule has 13 heavy (non-hydrogen) atoms. The van der Waals surface area contributed by atoms with Crippen molar-refractivity contribution < 1.29 is 4.79 Å². The molecule has 0 radical (unpaired) electrons. The number of halogens is 1. The third-order valence-corrected chi connectivity index (χ3v) is 1.93. The molecular weight excluding hydrogens is 188 g/mol. The summed E-state index contributed by atoms with van der Waals surface area (Å²) in [4.78, 5) is 11.3. The Bertz CT molecular complexity index is 330. The lowest BCUT2D eigenvalue weighted by molar-refractivity contribution is 0.103. The third-order valence-electron chi connectivity index (χ3n) is 1.65. The molecule has 0 aliphatic carbocycles. The van der Waals surface area contributed by atoms with Gasteiger partial charge in [-0.15, -0.1) is 0 Å². The molecule has 0 amide bonds. The van der Waals surface area contributed by atoms with E-state index in [-0.39, 0.29) is 5.78 Å². The molecular formula is C9H11ClN2O. The average molecular weight is 199 g/mol. The molecule has 1 aromatic heterocycles. The monoisotopic (exact) mass is 198 g/mol. The second kappa shape index (κ2) is 4.23. The predicted octanol–water partition coefficient (Wildman–Crippen LogP) is 2.32. The quantitative estimate of drug-likeness (QED) is 0.550. The number of allylic oxidation sites excluding steroid dienone is 1. The fraction of sp³-hybridized carbons (Fsp3) is 0.333. The Morgan fingerprint density at radius 2 is 2.54 bits per heavy atom. The second-order valence-electron chi connectivity index (χ2n) is 2.63. The summed E-state index contributed by atoms with van der Waals surface area (Å²) in [5.74, 6) is -0.184. The molecule has 0 atom stereocenters. The number of carbonyl (C=O) groups excluding carboxylic acids is 1. The second-order valence-corrected chi connectivity index (χ2v) is 3.04. The summed E-state index contributed by atoms with van der Waals surface area (Å²) in [7, 11) is 0. The minimum atomic E-state index is -0.184. The van der Waals surface area contributed by atoms with Crippen LogP contribution in [0.3, 0.4) is 0 Å². The van der Waals surface area contributed by atoms with Crippen LogP contribution in [0.1, 0.15) is 23.8 Å². The molecule has 0 saturated carbocycles. The summed E-state index contributed by atoms with van der Waals surface area (Å²) >= 11 is 5.80. The summed E-state index contributed by atoms with van der Waals surface area (Å²) < 4.78 is 1.60. The first kappa shape index (κ1) is 9.99. The minimum absolute atomic E-state index is 0.184. The van der Waals surface area contributed by atoms with E-state index in [0.717, 1.165) is 6.42 Å². The number of rotatable bonds is 4. The van der Waals surface area contributed by atoms with Crippen LogP contribution in [0, 0.1) is 0 Å². The van der Waals surface area contributed by atoms with E-state index in [9.17, 15) is 4.79 Å². The lowest BCUT2D eigenvalue weighted by Gasteiger charge is -2.02. The summed E-state index contributed by atoms with van der Waals surface area (Å²) in [5, 5.41) is 4.38. The van der Waals surface area contributed by atoms with E-state index in [0.29, 0.717) is 17.3 Å². The summed E-state index contributed by atoms with van der Waals surface area (Å²) in [6, 6.07) is 0. The molecule has 0 aliphatic rings. The maximum Gasteiger partial charge on any atom is 0.204 e. The van der Waals surface area contributed by atoms with Crippen LogP contribution < -0.4 is 0 Å². The standard InChI is InChI=1S/C9H11ClN2O/c1-3-5-12-9(8(13)4-2)7(10)6-11-12/h4,6H,2-3,5H2,1H3. The van der Waals surface area contributed by atoms with E-state index >= 15 is 0 Å². The van der Waals surface area contributed by atoms with Gasteiger partial charge in [0.25, 0.3) is 0 Å². The Labute approximate surface area is 82.0 Å². The normalized spacial score (nSPS) is 10.0. The molecule has 4 heteroatoms. The van der Waals surface area contributed by atoms with Crippen LogP contribution in [0.4, 0.5) is 0 Å². The predicted molar refractivity (Wildman–Crippen MR) is 52.1 cm³/mol. The van der Waals surface area contributed by atoms with Crippen molar-refractivity contribution in [1.82, 2.24) is 9.78 Å². The van der Waals surface area contributed by atoms with Crippen LogP contribution in [-0.4, -0.2) is 15.6 Å². The Morgan fingerprint density at radius 3 is 3.08 bits per heavy atom. The van der Waals surface area contributed by atoms with Crippen LogP contribution in [0.25, 0.3) is 0 Å². The number of ketones is 1. The molecule has 0 saturated heterocycles. The van der Waals surface area contributed by atoms with Crippen LogP contribution in [0.15, 0.2) is 18.9 Å². The van der Waals surface area contributed by atoms with Gasteiger partial charge < -0.3 is 0 Å². The summed E-state index contributed by atoms with van der Waals surface area (Å²) in [5.41, 5.74) is 0.429. The number of nitrogens with zero attached hydrogens (tertiary/aromatic N) is 2. The molecule has 0 aromatic carbocycles. The maximum absolute atomic E-state index is 11.3. The molecule has 0 fully saturated rings. The van der Waals surface area contributed by atoms with Gasteiger partial charge in [-0.2, -0.15) is 5.10 Å². The molecule has 1 rings (SSSR count). The topological polar surface area (TPSA) is 34.9 Å². The first-order valence-electron chi connectivity index (χ1n) is 4.08. The van der Waals surface area contributed by atoms with Crippen molar-refractivity contribution in [2.75, 3.05) is 0 Å². The van der Waals surface area contributed by atoms with Crippen molar-refractivity contribution in [3.63, 3.8) is 0 Å². The minimum Gasteiger partial charge on any atom is -0.288 e. The number of hydrogen-bond donors (Lipinski definition) is 0. The third kappa shape index (κ3) is 1.98. The first-order chi connectivity index (χ1) is 6.20. The van der Waals surface area contributed by atoms with Gasteiger partial charge in [-0.1, -0.05) is 25.1 Å². The number of aromatic nitrogens is 2. The fourth-order valence-electron chi connectivity index (χ4n) is 1.09. The highest BCUT2D eigenvalue weighted by molar-refractivity contribution is 6.34. The van der Waals surface area contributed by atoms with E-state index < -0.39 is 0 Å². The molecule has 1 aromatic rings. The Hall–Kier alpha value is -1.09. The number of aryl methyl sites for hydroxylation is 1. The molecule has 3 nitrogen and oxygen atoms in total. The van der Waals surface area contributed by atoms with Crippen molar-refractivity contribution in [2.24, 2.45) is 0 Å². The van der Waals surface area contributed by atoms with Crippen LogP contribution in [0.5, 0.6) is 0 Å². The maximum atomic E-state index is 11.3. The number of hydrogen-bond acceptors (Lipinski definition) is 2. The highest BCUT2D eigenvalue weighted by Gasteiger charge is 2.13. The summed E-state index contributed by atoms with van der Waals surface area (Å²) in [6.45, 7) is 6.12. The van der Waals surface area contributed by atoms with Gasteiger partial charge in [0.1, 0.15) is 5.69 Å². The molecule has 0 unspecified atom stereocenters. The number of carbonyl (C=O) groups is 1. The summed E-state index contributed by atoms with van der Waals surface area (Å²) in [6.07, 6.45) is 3.64. The molecule has 1 heterocycles. The zero-order valence-electron chi connectivity index (χ0n) is 7.46. The molecule has 0 aliphatic heterocycles. The van der Waals surface area contributed by atoms with Crippen molar-refractivity contribution in [1.29, 1.82) is 0 Å². The van der Waals surface area contributed by atoms with Gasteiger partial charge in [0, 0.05) is 6.54 Å². The van der Waals surface area contributed by atoms with E-state index in [2.05, 4.69) is 11.7 Å². The average Bonchev–Trinajstić information content (AvgIpc) is 2.47. The van der Waals surface area contributed by atoms with Crippen molar-refractivity contribution in [3.8, 4) is 0 Å². The highest BCUT2D eigenvalue weighted by atomic mass is 35.5. The van der Waals surface area contributed by atoms with Gasteiger partial charge in [-0.25, -0.2) is 0 Å². The Kier molecular flexibility index (Phi) is 3.25. The zero-order chi connectivity index (χ0) is 9.84. The van der Waals surface area contributed by atoms with E-state index in [4.69, 9.17) is 11.6 Å². The van der Waals surface area contributed by atoms with E-state index in [1.165, 1.54) is 12.3 Å². The van der Waals surface area contributed by atoms with E-state index in [1.54, 1.807) is 4.68 Å². The fourth-order valence-corrected chi connectivity index (χ4v) is 1.32. The Balaban J connectivity index is 3.07. The van der Waals surface area contributed by atoms with Crippen molar-refractivity contribution in [2.45, 2.75) is 19.9 Å². The van der Waals surface area contributed by atoms with Crippen molar-refractivity contribution >= 4 is 17.4 Å². The van der Waals surface area contributed by atoms with Crippen LogP contribution >= 0.6 is 11.6 Å². The smallest absolute Gasteiger partial charge is 0.204 e. The SMILES string of the molecule is C=CC(=O)c1c(Cl)cnn1CCC. The largest absolute Gasteiger partial charge is 0.288 e. The van der Waals surface area contributed by atoms with Gasteiger partial charge >= 0.3 is 0 Å². The van der Waals surface area contributed by atoms with Gasteiger partial charge in [0.15, 0.2) is 0 Å². The molecule has 0 N–H and O–H groups in total.